The Bertz CT molecular complexity index is 588. The summed E-state index contributed by atoms with van der Waals surface area (Å²) in [5.41, 5.74) is 0.295. The lowest BCUT2D eigenvalue weighted by molar-refractivity contribution is -0.00558. The Morgan fingerprint density at radius 3 is 2.45 bits per heavy atom. The van der Waals surface area contributed by atoms with Crippen molar-refractivity contribution in [3.63, 3.8) is 0 Å². The van der Waals surface area contributed by atoms with Gasteiger partial charge in [0.2, 0.25) is 0 Å². The summed E-state index contributed by atoms with van der Waals surface area (Å²) in [5.74, 6) is 1.36. The topological polar surface area (TPSA) is 51.2 Å². The number of ether oxygens (including phenoxy) is 3. The van der Waals surface area contributed by atoms with Gasteiger partial charge < -0.3 is 24.0 Å². The van der Waals surface area contributed by atoms with Gasteiger partial charge in [-0.25, -0.2) is 4.79 Å². The highest BCUT2D eigenvalue weighted by molar-refractivity contribution is 5.71. The fourth-order valence-corrected chi connectivity index (χ4v) is 2.66. The van der Waals surface area contributed by atoms with E-state index in [1.165, 1.54) is 0 Å². The van der Waals surface area contributed by atoms with Crippen LogP contribution in [0.2, 0.25) is 0 Å². The second-order valence-electron chi connectivity index (χ2n) is 6.38. The summed E-state index contributed by atoms with van der Waals surface area (Å²) in [6, 6.07) is 5.89. The molecule has 1 unspecified atom stereocenters. The second kappa shape index (κ2) is 5.26. The van der Waals surface area contributed by atoms with Crippen molar-refractivity contribution in [1.82, 2.24) is 4.90 Å². The van der Waals surface area contributed by atoms with Gasteiger partial charge in [0.1, 0.15) is 13.2 Å². The maximum atomic E-state index is 12.0. The highest BCUT2D eigenvalue weighted by atomic mass is 16.6. The minimum Gasteiger partial charge on any atom is -0.485 e. The van der Waals surface area contributed by atoms with Crippen LogP contribution in [0.4, 0.5) is 10.5 Å². The fourth-order valence-electron chi connectivity index (χ4n) is 2.66. The quantitative estimate of drug-likeness (QED) is 0.838. The number of amides is 1. The molecule has 1 atom stereocenters. The lowest BCUT2D eigenvalue weighted by Crippen LogP contribution is -2.45. The van der Waals surface area contributed by atoms with E-state index >= 15 is 0 Å². The Balaban J connectivity index is 1.81. The van der Waals surface area contributed by atoms with E-state index in [2.05, 4.69) is 0 Å². The number of rotatable bonds is 2. The Morgan fingerprint density at radius 1 is 1.18 bits per heavy atom. The summed E-state index contributed by atoms with van der Waals surface area (Å²) in [5, 5.41) is 0. The minimum absolute atomic E-state index is 0.0952. The molecule has 3 rings (SSSR count). The third kappa shape index (κ3) is 2.53. The molecule has 1 fully saturated rings. The minimum atomic E-state index is -0.737. The number of carbonyl (C=O) groups is 1. The molecule has 22 heavy (non-hydrogen) atoms. The van der Waals surface area contributed by atoms with E-state index in [-0.39, 0.29) is 12.1 Å². The van der Waals surface area contributed by atoms with Crippen LogP contribution in [0, 0.1) is 0 Å². The van der Waals surface area contributed by atoms with E-state index < -0.39 is 5.60 Å². The maximum absolute atomic E-state index is 12.0. The molecule has 0 radical (unpaired) electrons. The van der Waals surface area contributed by atoms with Crippen molar-refractivity contribution < 1.29 is 19.0 Å². The largest absolute Gasteiger partial charge is 0.485 e. The molecule has 1 spiro atoms. The van der Waals surface area contributed by atoms with Crippen molar-refractivity contribution in [1.29, 1.82) is 0 Å². The molecule has 2 aliphatic rings. The lowest BCUT2D eigenvalue weighted by Gasteiger charge is -2.24. The maximum Gasteiger partial charge on any atom is 0.411 e. The van der Waals surface area contributed by atoms with E-state index in [4.69, 9.17) is 14.2 Å². The van der Waals surface area contributed by atoms with Crippen LogP contribution in [0.1, 0.15) is 13.8 Å². The Hall–Kier alpha value is -2.11. The predicted molar refractivity (Wildman–Crippen MR) is 82.8 cm³/mol. The molecule has 1 aromatic carbocycles. The number of hydrogen-bond donors (Lipinski definition) is 0. The first kappa shape index (κ1) is 14.8. The average molecular weight is 306 g/mol. The van der Waals surface area contributed by atoms with Gasteiger partial charge in [-0.2, -0.15) is 0 Å². The van der Waals surface area contributed by atoms with Gasteiger partial charge in [0, 0.05) is 31.9 Å². The Labute approximate surface area is 130 Å². The van der Waals surface area contributed by atoms with Gasteiger partial charge in [-0.3, -0.25) is 0 Å². The number of nitrogens with zero attached hydrogens (tertiary/aromatic N) is 2. The van der Waals surface area contributed by atoms with Crippen LogP contribution >= 0.6 is 0 Å². The predicted octanol–water partition coefficient (Wildman–Crippen LogP) is 2.12. The first-order valence-electron chi connectivity index (χ1n) is 7.47. The average Bonchev–Trinajstić information content (AvgIpc) is 2.69. The summed E-state index contributed by atoms with van der Waals surface area (Å²) in [7, 11) is 3.94. The highest BCUT2D eigenvalue weighted by Gasteiger charge is 2.49. The fraction of sp³-hybridized carbons (Fsp3) is 0.562. The third-order valence-electron chi connectivity index (χ3n) is 4.05. The lowest BCUT2D eigenvalue weighted by atomic mass is 10.1. The van der Waals surface area contributed by atoms with E-state index in [0.717, 1.165) is 5.69 Å². The Morgan fingerprint density at radius 2 is 1.86 bits per heavy atom. The molecule has 6 nitrogen and oxygen atoms in total. The molecule has 6 heteroatoms. The number of anilines is 1. The van der Waals surface area contributed by atoms with Crippen LogP contribution in [-0.2, 0) is 4.74 Å². The van der Waals surface area contributed by atoms with E-state index in [0.29, 0.717) is 31.3 Å². The van der Waals surface area contributed by atoms with Gasteiger partial charge in [-0.05, 0) is 26.0 Å². The SMILES string of the molecule is CC(C)N1CC2(COc3ccc(N(C)C)cc3OC2)OC1=O. The van der Waals surface area contributed by atoms with Crippen molar-refractivity contribution in [3.05, 3.63) is 18.2 Å². The molecule has 1 saturated heterocycles. The van der Waals surface area contributed by atoms with Crippen LogP contribution in [-0.4, -0.2) is 56.5 Å². The van der Waals surface area contributed by atoms with Crippen LogP contribution in [0.15, 0.2) is 18.2 Å². The van der Waals surface area contributed by atoms with E-state index in [1.54, 1.807) is 4.90 Å². The zero-order valence-corrected chi connectivity index (χ0v) is 13.5. The molecule has 2 aliphatic heterocycles. The third-order valence-corrected chi connectivity index (χ3v) is 4.05. The van der Waals surface area contributed by atoms with Crippen molar-refractivity contribution in [2.45, 2.75) is 25.5 Å². The van der Waals surface area contributed by atoms with Crippen LogP contribution in [0.3, 0.4) is 0 Å². The first-order valence-corrected chi connectivity index (χ1v) is 7.47. The molecule has 0 saturated carbocycles. The van der Waals surface area contributed by atoms with Gasteiger partial charge in [-0.1, -0.05) is 0 Å². The van der Waals surface area contributed by atoms with Gasteiger partial charge in [0.25, 0.3) is 0 Å². The van der Waals surface area contributed by atoms with Crippen molar-refractivity contribution >= 4 is 11.8 Å². The van der Waals surface area contributed by atoms with Crippen molar-refractivity contribution in [3.8, 4) is 11.5 Å². The summed E-state index contributed by atoms with van der Waals surface area (Å²) >= 11 is 0. The second-order valence-corrected chi connectivity index (χ2v) is 6.38. The zero-order valence-electron chi connectivity index (χ0n) is 13.5. The van der Waals surface area contributed by atoms with Crippen molar-refractivity contribution in [2.24, 2.45) is 0 Å². The monoisotopic (exact) mass is 306 g/mol. The standard InChI is InChI=1S/C16H22N2O4/c1-11(2)18-8-16(22-15(18)19)9-20-13-6-5-12(17(3)4)7-14(13)21-10-16/h5-7,11H,8-10H2,1-4H3. The van der Waals surface area contributed by atoms with Gasteiger partial charge in [0.15, 0.2) is 17.1 Å². The summed E-state index contributed by atoms with van der Waals surface area (Å²) in [4.78, 5) is 15.7. The van der Waals surface area contributed by atoms with Gasteiger partial charge >= 0.3 is 6.09 Å². The van der Waals surface area contributed by atoms with Crippen molar-refractivity contribution in [2.75, 3.05) is 38.8 Å². The molecule has 1 amide bonds. The van der Waals surface area contributed by atoms with E-state index in [9.17, 15) is 4.79 Å². The van der Waals surface area contributed by atoms with E-state index in [1.807, 2.05) is 51.0 Å². The summed E-state index contributed by atoms with van der Waals surface area (Å²) in [6.45, 7) is 5.02. The smallest absolute Gasteiger partial charge is 0.411 e. The van der Waals surface area contributed by atoms with Crippen LogP contribution < -0.4 is 14.4 Å². The van der Waals surface area contributed by atoms with Crippen LogP contribution in [0.5, 0.6) is 11.5 Å². The molecular weight excluding hydrogens is 284 g/mol. The molecule has 0 N–H and O–H groups in total. The highest BCUT2D eigenvalue weighted by Crippen LogP contribution is 2.37. The number of carbonyl (C=O) groups excluding carboxylic acids is 1. The van der Waals surface area contributed by atoms with Crippen LogP contribution in [0.25, 0.3) is 0 Å². The first-order chi connectivity index (χ1) is 10.4. The molecule has 1 aromatic rings. The zero-order chi connectivity index (χ0) is 15.9. The molecule has 120 valence electrons. The molecule has 2 heterocycles. The summed E-state index contributed by atoms with van der Waals surface area (Å²) in [6.07, 6.45) is -0.304. The number of hydrogen-bond acceptors (Lipinski definition) is 5. The number of benzene rings is 1. The molecule has 0 aliphatic carbocycles. The van der Waals surface area contributed by atoms with Gasteiger partial charge in [-0.15, -0.1) is 0 Å². The van der Waals surface area contributed by atoms with Gasteiger partial charge in [0.05, 0.1) is 6.54 Å². The molecular formula is C16H22N2O4. The molecule has 0 aromatic heterocycles. The molecule has 0 bridgehead atoms. The summed E-state index contributed by atoms with van der Waals surface area (Å²) < 4.78 is 17.3. The number of fused-ring (bicyclic) bond motifs is 1. The Kier molecular flexibility index (Phi) is 3.54. The normalized spacial score (nSPS) is 23.7.